The first-order valence-corrected chi connectivity index (χ1v) is 11.2. The molecule has 0 aliphatic carbocycles. The predicted molar refractivity (Wildman–Crippen MR) is 124 cm³/mol. The minimum absolute atomic E-state index is 0.0370. The normalized spacial score (nSPS) is 19.2. The number of likely N-dealkylation sites (tertiary alicyclic amines) is 1. The molecule has 1 saturated heterocycles. The molecule has 0 saturated carbocycles. The molecular weight excluding hydrogens is 479 g/mol. The van der Waals surface area contributed by atoms with Crippen LogP contribution in [0, 0.1) is 5.92 Å². The fourth-order valence-electron chi connectivity index (χ4n) is 4.29. The summed E-state index contributed by atoms with van der Waals surface area (Å²) in [5.41, 5.74) is 4.17. The number of carboxylic acid groups (broad SMARTS) is 1. The van der Waals surface area contributed by atoms with Gasteiger partial charge in [0.15, 0.2) is 0 Å². The molecule has 2 aliphatic rings. The van der Waals surface area contributed by atoms with Crippen LogP contribution in [0.3, 0.4) is 0 Å². The number of aromatic nitrogens is 2. The number of hydrogen-bond donors (Lipinski definition) is 4. The maximum absolute atomic E-state index is 13.0. The zero-order chi connectivity index (χ0) is 25.9. The van der Waals surface area contributed by atoms with E-state index in [1.807, 2.05) is 35.2 Å². The largest absolute Gasteiger partial charge is 0.490 e. The number of nitrogens with one attached hydrogen (secondary N) is 3. The number of benzene rings is 2. The fraction of sp³-hybridized carbons (Fsp3) is 0.333. The lowest BCUT2D eigenvalue weighted by atomic mass is 9.95. The molecular formula is C24H24F3N5O4. The van der Waals surface area contributed by atoms with Crippen LogP contribution in [-0.4, -0.2) is 63.3 Å². The van der Waals surface area contributed by atoms with Crippen molar-refractivity contribution >= 4 is 34.4 Å². The van der Waals surface area contributed by atoms with Crippen molar-refractivity contribution in [1.82, 2.24) is 20.4 Å². The van der Waals surface area contributed by atoms with Crippen LogP contribution >= 0.6 is 0 Å². The Hall–Kier alpha value is -3.93. The summed E-state index contributed by atoms with van der Waals surface area (Å²) in [5, 5.41) is 21.3. The van der Waals surface area contributed by atoms with Crippen LogP contribution in [-0.2, 0) is 27.3 Å². The molecule has 36 heavy (non-hydrogen) atoms. The van der Waals surface area contributed by atoms with Gasteiger partial charge in [0.2, 0.25) is 11.8 Å². The standard InChI is InChI=1S/C22H23N5O2.C2HF3O2/c28-21(25-18-5-6-19-17(9-18)12-24-26-19)16-7-8-27(13-16)22(29)20-10-14-3-1-2-4-15(14)11-23-20;3-2(4,5)1(6)7/h1-6,9,12,16,20,23H,7-8,10-11,13H2,(H,24,26)(H,25,28);(H,6,7)/t16?,20-;/m0./s1. The van der Waals surface area contributed by atoms with E-state index in [4.69, 9.17) is 9.90 Å². The SMILES string of the molecule is O=C(Nc1ccc2[nH]ncc2c1)C1CCN(C(=O)[C@@H]2Cc3ccccc3CN2)C1.O=C(O)C(F)(F)F. The molecule has 0 spiro atoms. The first kappa shape index (κ1) is 25.2. The highest BCUT2D eigenvalue weighted by atomic mass is 19.4. The van der Waals surface area contributed by atoms with Gasteiger partial charge in [0.25, 0.3) is 0 Å². The number of carbonyl (C=O) groups excluding carboxylic acids is 2. The summed E-state index contributed by atoms with van der Waals surface area (Å²) in [5.74, 6) is -2.89. The first-order chi connectivity index (χ1) is 17.1. The molecule has 1 unspecified atom stereocenters. The molecule has 1 aromatic heterocycles. The second kappa shape index (κ2) is 10.4. The average Bonchev–Trinajstić information content (AvgIpc) is 3.53. The lowest BCUT2D eigenvalue weighted by molar-refractivity contribution is -0.192. The quantitative estimate of drug-likeness (QED) is 0.435. The molecule has 2 aromatic carbocycles. The Bertz CT molecular complexity index is 1280. The minimum atomic E-state index is -5.08. The highest BCUT2D eigenvalue weighted by Crippen LogP contribution is 2.23. The molecule has 3 heterocycles. The zero-order valence-electron chi connectivity index (χ0n) is 19.0. The first-order valence-electron chi connectivity index (χ1n) is 11.2. The third-order valence-electron chi connectivity index (χ3n) is 6.20. The topological polar surface area (TPSA) is 127 Å². The fourth-order valence-corrected chi connectivity index (χ4v) is 4.29. The van der Waals surface area contributed by atoms with Crippen molar-refractivity contribution in [3.63, 3.8) is 0 Å². The van der Waals surface area contributed by atoms with Crippen LogP contribution in [0.4, 0.5) is 18.9 Å². The average molecular weight is 503 g/mol. The van der Waals surface area contributed by atoms with Crippen LogP contribution < -0.4 is 10.6 Å². The van der Waals surface area contributed by atoms with E-state index in [0.29, 0.717) is 32.5 Å². The number of nitrogens with zero attached hydrogens (tertiary/aromatic N) is 2. The van der Waals surface area contributed by atoms with Gasteiger partial charge in [0, 0.05) is 30.7 Å². The van der Waals surface area contributed by atoms with Crippen molar-refractivity contribution in [1.29, 1.82) is 0 Å². The van der Waals surface area contributed by atoms with Gasteiger partial charge in [-0.15, -0.1) is 0 Å². The number of amides is 2. The highest BCUT2D eigenvalue weighted by molar-refractivity contribution is 5.95. The zero-order valence-corrected chi connectivity index (χ0v) is 19.0. The van der Waals surface area contributed by atoms with E-state index >= 15 is 0 Å². The van der Waals surface area contributed by atoms with Crippen LogP contribution in [0.5, 0.6) is 0 Å². The number of hydrogen-bond acceptors (Lipinski definition) is 5. The molecule has 2 atom stereocenters. The van der Waals surface area contributed by atoms with Gasteiger partial charge in [-0.25, -0.2) is 4.79 Å². The summed E-state index contributed by atoms with van der Waals surface area (Å²) in [4.78, 5) is 36.4. The van der Waals surface area contributed by atoms with Gasteiger partial charge >= 0.3 is 12.1 Å². The predicted octanol–water partition coefficient (Wildman–Crippen LogP) is 2.70. The molecule has 2 aliphatic heterocycles. The van der Waals surface area contributed by atoms with Gasteiger partial charge in [0.05, 0.1) is 23.7 Å². The minimum Gasteiger partial charge on any atom is -0.475 e. The Morgan fingerprint density at radius 3 is 2.56 bits per heavy atom. The molecule has 3 aromatic rings. The third kappa shape index (κ3) is 5.82. The Balaban J connectivity index is 0.000000384. The monoisotopic (exact) mass is 503 g/mol. The lowest BCUT2D eigenvalue weighted by Crippen LogP contribution is -2.49. The number of carboxylic acids is 1. The number of H-pyrrole nitrogens is 1. The molecule has 4 N–H and O–H groups in total. The summed E-state index contributed by atoms with van der Waals surface area (Å²) in [6.07, 6.45) is -1.96. The van der Waals surface area contributed by atoms with Crippen LogP contribution in [0.15, 0.2) is 48.7 Å². The Labute approximate surface area is 203 Å². The number of halogens is 3. The van der Waals surface area contributed by atoms with Gasteiger partial charge < -0.3 is 20.6 Å². The van der Waals surface area contributed by atoms with Crippen molar-refractivity contribution < 1.29 is 32.7 Å². The van der Waals surface area contributed by atoms with Crippen LogP contribution in [0.1, 0.15) is 17.5 Å². The maximum atomic E-state index is 13.0. The second-order valence-electron chi connectivity index (χ2n) is 8.64. The number of rotatable bonds is 3. The summed E-state index contributed by atoms with van der Waals surface area (Å²) < 4.78 is 31.7. The molecule has 190 valence electrons. The van der Waals surface area contributed by atoms with Crippen molar-refractivity contribution in [3.8, 4) is 0 Å². The second-order valence-corrected chi connectivity index (χ2v) is 8.64. The molecule has 5 rings (SSSR count). The number of anilines is 1. The van der Waals surface area contributed by atoms with Crippen molar-refractivity contribution in [2.45, 2.75) is 31.6 Å². The van der Waals surface area contributed by atoms with Gasteiger partial charge in [0.1, 0.15) is 0 Å². The molecule has 2 amide bonds. The number of carbonyl (C=O) groups is 3. The van der Waals surface area contributed by atoms with E-state index in [1.165, 1.54) is 11.1 Å². The van der Waals surface area contributed by atoms with E-state index < -0.39 is 12.1 Å². The third-order valence-corrected chi connectivity index (χ3v) is 6.20. The van der Waals surface area contributed by atoms with Crippen LogP contribution in [0.2, 0.25) is 0 Å². The summed E-state index contributed by atoms with van der Waals surface area (Å²) in [6.45, 7) is 1.80. The summed E-state index contributed by atoms with van der Waals surface area (Å²) in [6, 6.07) is 13.7. The molecule has 1 fully saturated rings. The lowest BCUT2D eigenvalue weighted by Gasteiger charge is -2.29. The van der Waals surface area contributed by atoms with E-state index in [9.17, 15) is 22.8 Å². The number of alkyl halides is 3. The molecule has 0 radical (unpaired) electrons. The van der Waals surface area contributed by atoms with E-state index in [1.54, 1.807) is 6.20 Å². The van der Waals surface area contributed by atoms with Gasteiger partial charge in [-0.05, 0) is 42.2 Å². The van der Waals surface area contributed by atoms with Crippen LogP contribution in [0.25, 0.3) is 10.9 Å². The van der Waals surface area contributed by atoms with E-state index in [2.05, 4.69) is 33.0 Å². The van der Waals surface area contributed by atoms with Gasteiger partial charge in [-0.1, -0.05) is 24.3 Å². The summed E-state index contributed by atoms with van der Waals surface area (Å²) in [7, 11) is 0. The molecule has 0 bridgehead atoms. The van der Waals surface area contributed by atoms with Crippen molar-refractivity contribution in [2.24, 2.45) is 5.92 Å². The Morgan fingerprint density at radius 2 is 1.83 bits per heavy atom. The van der Waals surface area contributed by atoms with Crippen molar-refractivity contribution in [3.05, 3.63) is 59.8 Å². The molecule has 9 nitrogen and oxygen atoms in total. The highest BCUT2D eigenvalue weighted by Gasteiger charge is 2.38. The molecule has 12 heteroatoms. The van der Waals surface area contributed by atoms with E-state index in [-0.39, 0.29) is 23.8 Å². The maximum Gasteiger partial charge on any atom is 0.490 e. The number of aromatic amines is 1. The Kier molecular flexibility index (Phi) is 7.25. The van der Waals surface area contributed by atoms with Gasteiger partial charge in [-0.2, -0.15) is 18.3 Å². The van der Waals surface area contributed by atoms with Gasteiger partial charge in [-0.3, -0.25) is 14.7 Å². The summed E-state index contributed by atoms with van der Waals surface area (Å²) >= 11 is 0. The number of fused-ring (bicyclic) bond motifs is 2. The Morgan fingerprint density at radius 1 is 1.11 bits per heavy atom. The van der Waals surface area contributed by atoms with Crippen molar-refractivity contribution in [2.75, 3.05) is 18.4 Å². The smallest absolute Gasteiger partial charge is 0.475 e. The number of aliphatic carboxylic acids is 1. The van der Waals surface area contributed by atoms with E-state index in [0.717, 1.165) is 16.6 Å².